The molecule has 0 N–H and O–H groups in total. The summed E-state index contributed by atoms with van der Waals surface area (Å²) in [7, 11) is 1.56. The molecule has 0 bridgehead atoms. The molecule has 0 aromatic rings. The molecular formula is C7H11ClO2S. The average Bonchev–Trinajstić information content (AvgIpc) is 1.88. The minimum atomic E-state index is -3.55. The molecule has 0 fully saturated rings. The first-order valence-electron chi connectivity index (χ1n) is 3.20. The van der Waals surface area contributed by atoms with E-state index in [2.05, 4.69) is 6.58 Å². The van der Waals surface area contributed by atoms with Crippen LogP contribution in [0.25, 0.3) is 0 Å². The van der Waals surface area contributed by atoms with Crippen molar-refractivity contribution in [3.05, 3.63) is 23.1 Å². The van der Waals surface area contributed by atoms with Gasteiger partial charge in [-0.25, -0.2) is 8.42 Å². The van der Waals surface area contributed by atoms with Gasteiger partial charge in [-0.1, -0.05) is 19.6 Å². The second kappa shape index (κ2) is 3.93. The molecular weight excluding hydrogens is 184 g/mol. The smallest absolute Gasteiger partial charge is 0.207 e. The van der Waals surface area contributed by atoms with Crippen molar-refractivity contribution in [3.63, 3.8) is 0 Å². The van der Waals surface area contributed by atoms with Crippen LogP contribution in [0.3, 0.4) is 0 Å². The van der Waals surface area contributed by atoms with Gasteiger partial charge in [-0.15, -0.1) is 0 Å². The van der Waals surface area contributed by atoms with Crippen LogP contribution in [-0.4, -0.2) is 8.42 Å². The lowest BCUT2D eigenvalue weighted by atomic mass is 10.2. The highest BCUT2D eigenvalue weighted by Crippen LogP contribution is 2.18. The Hall–Kier alpha value is -0.280. The minimum Gasteiger partial charge on any atom is -0.207 e. The SMILES string of the molecule is C=C/C(CC)=C(/C)S(=O)(=O)Cl. The van der Waals surface area contributed by atoms with Crippen LogP contribution in [0.1, 0.15) is 20.3 Å². The molecule has 11 heavy (non-hydrogen) atoms. The zero-order chi connectivity index (χ0) is 9.07. The molecule has 0 aromatic carbocycles. The van der Waals surface area contributed by atoms with E-state index >= 15 is 0 Å². The molecule has 0 saturated heterocycles. The Kier molecular flexibility index (Phi) is 3.83. The predicted octanol–water partition coefficient (Wildman–Crippen LogP) is 2.43. The van der Waals surface area contributed by atoms with E-state index in [0.29, 0.717) is 12.0 Å². The molecule has 0 amide bonds. The molecule has 0 aliphatic heterocycles. The molecule has 0 aliphatic carbocycles. The first-order chi connectivity index (χ1) is 4.93. The largest absolute Gasteiger partial charge is 0.257 e. The van der Waals surface area contributed by atoms with Crippen molar-refractivity contribution >= 4 is 19.7 Å². The minimum absolute atomic E-state index is 0.191. The van der Waals surface area contributed by atoms with Gasteiger partial charge in [0.25, 0.3) is 9.05 Å². The van der Waals surface area contributed by atoms with E-state index in [1.807, 2.05) is 6.92 Å². The molecule has 0 spiro atoms. The van der Waals surface area contributed by atoms with Crippen LogP contribution in [0.2, 0.25) is 0 Å². The second-order valence-electron chi connectivity index (χ2n) is 2.08. The Bertz CT molecular complexity index is 275. The van der Waals surface area contributed by atoms with E-state index in [-0.39, 0.29) is 4.91 Å². The van der Waals surface area contributed by atoms with Crippen LogP contribution in [0, 0.1) is 0 Å². The number of halogens is 1. The van der Waals surface area contributed by atoms with E-state index in [4.69, 9.17) is 10.7 Å². The van der Waals surface area contributed by atoms with Gasteiger partial charge in [0.15, 0.2) is 0 Å². The van der Waals surface area contributed by atoms with Crippen LogP contribution in [0.15, 0.2) is 23.1 Å². The highest BCUT2D eigenvalue weighted by atomic mass is 35.7. The lowest BCUT2D eigenvalue weighted by Gasteiger charge is -2.00. The number of hydrogen-bond acceptors (Lipinski definition) is 2. The number of allylic oxidation sites excluding steroid dienone is 3. The van der Waals surface area contributed by atoms with Crippen molar-refractivity contribution in [2.24, 2.45) is 0 Å². The quantitative estimate of drug-likeness (QED) is 0.511. The van der Waals surface area contributed by atoms with Gasteiger partial charge in [0.2, 0.25) is 0 Å². The molecule has 0 rings (SSSR count). The van der Waals surface area contributed by atoms with Crippen LogP contribution >= 0.6 is 10.7 Å². The highest BCUT2D eigenvalue weighted by Gasteiger charge is 2.10. The maximum Gasteiger partial charge on any atom is 0.257 e. The van der Waals surface area contributed by atoms with Gasteiger partial charge in [0.1, 0.15) is 0 Å². The normalized spacial score (nSPS) is 14.1. The van der Waals surface area contributed by atoms with Crippen LogP contribution in [0.5, 0.6) is 0 Å². The predicted molar refractivity (Wildman–Crippen MR) is 48.0 cm³/mol. The fourth-order valence-corrected chi connectivity index (χ4v) is 1.53. The fourth-order valence-electron chi connectivity index (χ4n) is 0.694. The third-order valence-electron chi connectivity index (χ3n) is 1.45. The summed E-state index contributed by atoms with van der Waals surface area (Å²) < 4.78 is 21.5. The number of hydrogen-bond donors (Lipinski definition) is 0. The third-order valence-corrected chi connectivity index (χ3v) is 3.13. The van der Waals surface area contributed by atoms with Gasteiger partial charge >= 0.3 is 0 Å². The molecule has 0 atom stereocenters. The van der Waals surface area contributed by atoms with Crippen molar-refractivity contribution in [1.29, 1.82) is 0 Å². The standard InChI is InChI=1S/C7H11ClO2S/c1-4-7(5-2)6(3)11(8,9)10/h4H,1,5H2,2-3H3/b7-6+. The molecule has 0 saturated carbocycles. The third kappa shape index (κ3) is 3.08. The Morgan fingerprint density at radius 1 is 1.64 bits per heavy atom. The molecule has 0 aliphatic rings. The monoisotopic (exact) mass is 194 g/mol. The summed E-state index contributed by atoms with van der Waals surface area (Å²) in [5.74, 6) is 0. The Balaban J connectivity index is 5.09. The van der Waals surface area contributed by atoms with Crippen molar-refractivity contribution < 1.29 is 8.42 Å². The Morgan fingerprint density at radius 2 is 2.09 bits per heavy atom. The maximum atomic E-state index is 10.8. The molecule has 2 nitrogen and oxygen atoms in total. The van der Waals surface area contributed by atoms with Gasteiger partial charge in [-0.2, -0.15) is 0 Å². The van der Waals surface area contributed by atoms with E-state index in [1.54, 1.807) is 0 Å². The first-order valence-corrected chi connectivity index (χ1v) is 5.51. The summed E-state index contributed by atoms with van der Waals surface area (Å²) in [5.41, 5.74) is 0.667. The first kappa shape index (κ1) is 10.7. The Labute approximate surface area is 72.0 Å². The molecule has 0 aromatic heterocycles. The average molecular weight is 195 g/mol. The van der Waals surface area contributed by atoms with Gasteiger partial charge in [0, 0.05) is 10.7 Å². The van der Waals surface area contributed by atoms with Crippen molar-refractivity contribution in [3.8, 4) is 0 Å². The summed E-state index contributed by atoms with van der Waals surface area (Å²) in [5, 5.41) is 0. The van der Waals surface area contributed by atoms with Gasteiger partial charge in [0.05, 0.1) is 4.91 Å². The molecule has 4 heteroatoms. The summed E-state index contributed by atoms with van der Waals surface area (Å²) in [6, 6.07) is 0. The topological polar surface area (TPSA) is 34.1 Å². The van der Waals surface area contributed by atoms with E-state index < -0.39 is 9.05 Å². The molecule has 0 heterocycles. The summed E-state index contributed by atoms with van der Waals surface area (Å²) in [4.78, 5) is 0.191. The lowest BCUT2D eigenvalue weighted by Crippen LogP contribution is -1.94. The zero-order valence-corrected chi connectivity index (χ0v) is 8.17. The second-order valence-corrected chi connectivity index (χ2v) is 4.78. The zero-order valence-electron chi connectivity index (χ0n) is 6.59. The van der Waals surface area contributed by atoms with Crippen molar-refractivity contribution in [2.75, 3.05) is 0 Å². The van der Waals surface area contributed by atoms with E-state index in [9.17, 15) is 8.42 Å². The number of rotatable bonds is 3. The van der Waals surface area contributed by atoms with Crippen LogP contribution < -0.4 is 0 Å². The summed E-state index contributed by atoms with van der Waals surface area (Å²) in [6.07, 6.45) is 2.14. The molecule has 0 unspecified atom stereocenters. The Morgan fingerprint density at radius 3 is 2.18 bits per heavy atom. The van der Waals surface area contributed by atoms with Crippen molar-refractivity contribution in [1.82, 2.24) is 0 Å². The van der Waals surface area contributed by atoms with Gasteiger partial charge in [-0.3, -0.25) is 0 Å². The van der Waals surface area contributed by atoms with E-state index in [0.717, 1.165) is 0 Å². The van der Waals surface area contributed by atoms with Crippen molar-refractivity contribution in [2.45, 2.75) is 20.3 Å². The van der Waals surface area contributed by atoms with Crippen LogP contribution in [-0.2, 0) is 9.05 Å². The fraction of sp³-hybridized carbons (Fsp3) is 0.429. The van der Waals surface area contributed by atoms with E-state index in [1.165, 1.54) is 13.0 Å². The van der Waals surface area contributed by atoms with Gasteiger partial charge in [-0.05, 0) is 18.9 Å². The van der Waals surface area contributed by atoms with Gasteiger partial charge < -0.3 is 0 Å². The summed E-state index contributed by atoms with van der Waals surface area (Å²) in [6.45, 7) is 6.81. The van der Waals surface area contributed by atoms with Crippen LogP contribution in [0.4, 0.5) is 0 Å². The molecule has 0 radical (unpaired) electrons. The highest BCUT2D eigenvalue weighted by molar-refractivity contribution is 8.16. The maximum absolute atomic E-state index is 10.8. The lowest BCUT2D eigenvalue weighted by molar-refractivity contribution is 0.614. The summed E-state index contributed by atoms with van der Waals surface area (Å²) >= 11 is 0. The molecule has 64 valence electrons.